The fourth-order valence-corrected chi connectivity index (χ4v) is 9.35. The van der Waals surface area contributed by atoms with E-state index in [1.165, 1.54) is 4.90 Å². The van der Waals surface area contributed by atoms with E-state index in [0.717, 1.165) is 37.8 Å². The van der Waals surface area contributed by atoms with Crippen LogP contribution < -0.4 is 26.6 Å². The zero-order valence-electron chi connectivity index (χ0n) is 36.3. The lowest BCUT2D eigenvalue weighted by Crippen LogP contribution is -2.52. The number of anilines is 4. The molecule has 0 radical (unpaired) electrons. The molecule has 5 aliphatic heterocycles. The molecule has 1 unspecified atom stereocenters. The van der Waals surface area contributed by atoms with E-state index in [0.29, 0.717) is 61.0 Å². The van der Waals surface area contributed by atoms with Crippen molar-refractivity contribution in [2.24, 2.45) is 5.73 Å². The summed E-state index contributed by atoms with van der Waals surface area (Å²) in [5, 5.41) is 8.40. The molecule has 4 saturated heterocycles. The second-order valence-corrected chi connectivity index (χ2v) is 17.5. The van der Waals surface area contributed by atoms with Crippen LogP contribution in [0.1, 0.15) is 93.1 Å². The molecule has 4 fully saturated rings. The quantitative estimate of drug-likeness (QED) is 0.135. The number of likely N-dealkylation sites (tertiary alicyclic amines) is 1. The number of rotatable bonds is 14. The lowest BCUT2D eigenvalue weighted by Gasteiger charge is -2.40. The van der Waals surface area contributed by atoms with Crippen molar-refractivity contribution >= 4 is 64.5 Å². The molecule has 8 amide bonds. The molecule has 19 heteroatoms. The Morgan fingerprint density at radius 1 is 0.953 bits per heavy atom. The average molecular weight is 882 g/mol. The summed E-state index contributed by atoms with van der Waals surface area (Å²) in [4.78, 5) is 106. The van der Waals surface area contributed by atoms with Crippen LogP contribution in [0.4, 0.5) is 27.8 Å². The van der Waals surface area contributed by atoms with Gasteiger partial charge in [0.05, 0.1) is 38.3 Å². The second-order valence-electron chi connectivity index (χ2n) is 17.5. The number of nitrogens with two attached hydrogens (primary N) is 1. The van der Waals surface area contributed by atoms with Crippen molar-refractivity contribution in [1.29, 1.82) is 0 Å². The summed E-state index contributed by atoms with van der Waals surface area (Å²) < 4.78 is 5.68. The molecular weight excluding hydrogens is 823 g/mol. The SMILES string of the molecule is CN1CCN([C@@H]2CCCN(c3cnc(C(N)=O)c(Nc4ccc(C5(C)CCN(C(=O)CCOCCC(=O)Nc6cccc7c6CN(C6CCC(=O)NC6=O)C7=O)CC5)cc4)n3)C2)C1=O.[HH].[HH]. The number of likely N-dealkylation sites (N-methyl/N-ethyl adjacent to an activating group) is 1. The van der Waals surface area contributed by atoms with E-state index in [4.69, 9.17) is 15.5 Å². The summed E-state index contributed by atoms with van der Waals surface area (Å²) in [6, 6.07) is 12.4. The van der Waals surface area contributed by atoms with Gasteiger partial charge in [-0.15, -0.1) is 0 Å². The summed E-state index contributed by atoms with van der Waals surface area (Å²) in [5.41, 5.74) is 8.92. The first-order valence-electron chi connectivity index (χ1n) is 22.0. The molecule has 0 saturated carbocycles. The van der Waals surface area contributed by atoms with Crippen molar-refractivity contribution in [3.8, 4) is 0 Å². The number of hydrogen-bond donors (Lipinski definition) is 4. The second kappa shape index (κ2) is 18.6. The first-order chi connectivity index (χ1) is 30.8. The Balaban J connectivity index is 0.00000360. The minimum absolute atomic E-state index is 0. The number of piperidine rings is 3. The minimum atomic E-state index is -0.750. The summed E-state index contributed by atoms with van der Waals surface area (Å²) >= 11 is 0. The molecule has 0 aliphatic carbocycles. The highest BCUT2D eigenvalue weighted by atomic mass is 16.5. The van der Waals surface area contributed by atoms with Crippen molar-refractivity contribution in [3.05, 3.63) is 71.0 Å². The molecule has 2 aromatic carbocycles. The van der Waals surface area contributed by atoms with Gasteiger partial charge in [-0.25, -0.2) is 14.8 Å². The highest BCUT2D eigenvalue weighted by Crippen LogP contribution is 2.37. The van der Waals surface area contributed by atoms with Crippen LogP contribution in [-0.4, -0.2) is 143 Å². The number of carbonyl (C=O) groups is 7. The maximum atomic E-state index is 13.1. The van der Waals surface area contributed by atoms with Gasteiger partial charge in [0, 0.05) is 84.6 Å². The van der Waals surface area contributed by atoms with Gasteiger partial charge in [-0.1, -0.05) is 25.1 Å². The number of urea groups is 1. The monoisotopic (exact) mass is 881 g/mol. The van der Waals surface area contributed by atoms with Crippen LogP contribution in [0.2, 0.25) is 0 Å². The van der Waals surface area contributed by atoms with Gasteiger partial charge in [0.1, 0.15) is 11.9 Å². The van der Waals surface area contributed by atoms with Crippen molar-refractivity contribution in [2.75, 3.05) is 75.1 Å². The molecule has 2 atom stereocenters. The Hall–Kier alpha value is -6.63. The van der Waals surface area contributed by atoms with Crippen LogP contribution in [0.5, 0.6) is 0 Å². The first kappa shape index (κ1) is 44.0. The van der Waals surface area contributed by atoms with Crippen LogP contribution in [0.15, 0.2) is 48.7 Å². The molecule has 342 valence electrons. The van der Waals surface area contributed by atoms with Gasteiger partial charge in [-0.3, -0.25) is 34.1 Å². The number of nitrogens with zero attached hydrogens (tertiary/aromatic N) is 7. The number of hydrogen-bond acceptors (Lipinski definition) is 12. The molecular formula is C45H59N11O8. The molecule has 5 N–H and O–H groups in total. The number of benzene rings is 2. The first-order valence-corrected chi connectivity index (χ1v) is 22.0. The van der Waals surface area contributed by atoms with E-state index in [1.54, 1.807) is 29.3 Å². The lowest BCUT2D eigenvalue weighted by atomic mass is 9.74. The van der Waals surface area contributed by atoms with E-state index >= 15 is 0 Å². The fraction of sp³-hybridized carbons (Fsp3) is 0.489. The molecule has 0 bridgehead atoms. The van der Waals surface area contributed by atoms with Crippen LogP contribution in [0, 0.1) is 0 Å². The Morgan fingerprint density at radius 2 is 1.72 bits per heavy atom. The van der Waals surface area contributed by atoms with Gasteiger partial charge in [0.25, 0.3) is 11.8 Å². The van der Waals surface area contributed by atoms with Gasteiger partial charge in [-0.2, -0.15) is 0 Å². The van der Waals surface area contributed by atoms with E-state index in [9.17, 15) is 33.6 Å². The maximum absolute atomic E-state index is 13.1. The predicted molar refractivity (Wildman–Crippen MR) is 239 cm³/mol. The summed E-state index contributed by atoms with van der Waals surface area (Å²) in [6.45, 7) is 6.59. The Bertz CT molecular complexity index is 2350. The zero-order chi connectivity index (χ0) is 45.1. The van der Waals surface area contributed by atoms with Crippen molar-refractivity contribution < 1.29 is 41.2 Å². The molecule has 8 rings (SSSR count). The number of ether oxygens (including phenoxy) is 1. The Morgan fingerprint density at radius 3 is 2.44 bits per heavy atom. The average Bonchev–Trinajstić information content (AvgIpc) is 3.81. The number of fused-ring (bicyclic) bond motifs is 1. The molecule has 0 spiro atoms. The molecule has 6 heterocycles. The summed E-state index contributed by atoms with van der Waals surface area (Å²) in [5.74, 6) is -1.33. The molecule has 1 aromatic heterocycles. The van der Waals surface area contributed by atoms with Crippen LogP contribution in [0.3, 0.4) is 0 Å². The summed E-state index contributed by atoms with van der Waals surface area (Å²) in [6.07, 6.45) is 5.54. The number of imide groups is 1. The van der Waals surface area contributed by atoms with Gasteiger partial charge < -0.3 is 45.6 Å². The largest absolute Gasteiger partial charge is 0.380 e. The third-order valence-electron chi connectivity index (χ3n) is 13.3. The molecule has 3 aromatic rings. The van der Waals surface area contributed by atoms with E-state index in [1.807, 2.05) is 41.1 Å². The Kier molecular flexibility index (Phi) is 12.8. The molecule has 19 nitrogen and oxygen atoms in total. The highest BCUT2D eigenvalue weighted by Gasteiger charge is 2.40. The summed E-state index contributed by atoms with van der Waals surface area (Å²) in [7, 11) is 1.82. The number of carbonyl (C=O) groups excluding carboxylic acids is 7. The minimum Gasteiger partial charge on any atom is -0.380 e. The fourth-order valence-electron chi connectivity index (χ4n) is 9.35. The van der Waals surface area contributed by atoms with Crippen LogP contribution in [-0.2, 0) is 35.9 Å². The van der Waals surface area contributed by atoms with Gasteiger partial charge in [0.15, 0.2) is 11.5 Å². The topological polar surface area (TPSA) is 233 Å². The van der Waals surface area contributed by atoms with Gasteiger partial charge >= 0.3 is 6.03 Å². The van der Waals surface area contributed by atoms with E-state index < -0.39 is 17.9 Å². The van der Waals surface area contributed by atoms with Gasteiger partial charge in [-0.05, 0) is 67.3 Å². The number of primary amides is 1. The zero-order valence-corrected chi connectivity index (χ0v) is 36.3. The Labute approximate surface area is 374 Å². The third-order valence-corrected chi connectivity index (χ3v) is 13.3. The number of aromatic nitrogens is 2. The third kappa shape index (κ3) is 9.34. The van der Waals surface area contributed by atoms with Crippen molar-refractivity contribution in [1.82, 2.24) is 34.9 Å². The van der Waals surface area contributed by atoms with Crippen LogP contribution in [0.25, 0.3) is 0 Å². The highest BCUT2D eigenvalue weighted by molar-refractivity contribution is 6.07. The van der Waals surface area contributed by atoms with Gasteiger partial charge in [0.2, 0.25) is 23.6 Å². The molecule has 5 aliphatic rings. The lowest BCUT2D eigenvalue weighted by molar-refractivity contribution is -0.137. The van der Waals surface area contributed by atoms with E-state index in [2.05, 4.69) is 32.8 Å². The van der Waals surface area contributed by atoms with E-state index in [-0.39, 0.29) is 101 Å². The van der Waals surface area contributed by atoms with Crippen molar-refractivity contribution in [2.45, 2.75) is 82.3 Å². The predicted octanol–water partition coefficient (Wildman–Crippen LogP) is 3.22. The molecule has 64 heavy (non-hydrogen) atoms. The number of nitrogens with one attached hydrogen (secondary N) is 3. The number of amides is 8. The maximum Gasteiger partial charge on any atom is 0.320 e. The van der Waals surface area contributed by atoms with Crippen LogP contribution >= 0.6 is 0 Å². The standard InChI is InChI=1S/C45H55N11O8.2H2/c1-45(28-8-10-29(11-9-28)48-41-39(40(46)60)47-25-35(50-41)54-18-4-5-30(26-54)55-22-21-52(2)44(55)63)16-19-53(20-17-45)38(59)15-24-64-23-14-37(58)49-33-7-3-6-31-32(33)27-56(43(31)62)34-12-13-36(57)51-42(34)61;;/h3,6-11,25,30,34H,4-5,12-24,26-27H2,1-2H3,(H2,46,60)(H,48,50)(H,49,58)(H,51,57,61);2*1H/t30-,34?;;/m1../s1. The van der Waals surface area contributed by atoms with Crippen molar-refractivity contribution in [3.63, 3.8) is 0 Å². The normalized spacial score (nSPS) is 20.9. The smallest absolute Gasteiger partial charge is 0.320 e.